The van der Waals surface area contributed by atoms with Crippen LogP contribution in [0.4, 0.5) is 13.2 Å². The van der Waals surface area contributed by atoms with Gasteiger partial charge in [-0.05, 0) is 37.9 Å². The van der Waals surface area contributed by atoms with E-state index in [-0.39, 0.29) is 18.2 Å². The zero-order valence-electron chi connectivity index (χ0n) is 10.3. The van der Waals surface area contributed by atoms with Gasteiger partial charge in [-0.1, -0.05) is 18.2 Å². The molecular weight excluding hydrogens is 243 g/mol. The van der Waals surface area contributed by atoms with Crippen LogP contribution in [0.25, 0.3) is 0 Å². The van der Waals surface area contributed by atoms with Gasteiger partial charge in [-0.15, -0.1) is 0 Å². The average Bonchev–Trinajstić information content (AvgIpc) is 2.27. The fraction of sp³-hybridized carbons (Fsp3) is 0.538. The number of benzene rings is 1. The minimum Gasteiger partial charge on any atom is -0.393 e. The SMILES string of the molecule is CC(O)CCCNCc1ccccc1C(F)(F)F. The summed E-state index contributed by atoms with van der Waals surface area (Å²) in [5.41, 5.74) is -0.338. The minimum atomic E-state index is -4.31. The van der Waals surface area contributed by atoms with Gasteiger partial charge in [0.05, 0.1) is 11.7 Å². The molecule has 0 aliphatic carbocycles. The van der Waals surface area contributed by atoms with Crippen LogP contribution in [0.1, 0.15) is 30.9 Å². The molecule has 0 heterocycles. The van der Waals surface area contributed by atoms with Crippen LogP contribution in [-0.4, -0.2) is 17.8 Å². The smallest absolute Gasteiger partial charge is 0.393 e. The Kier molecular flexibility index (Phi) is 5.62. The molecule has 1 unspecified atom stereocenters. The molecule has 2 nitrogen and oxygen atoms in total. The normalized spacial score (nSPS) is 13.6. The molecule has 0 fully saturated rings. The van der Waals surface area contributed by atoms with E-state index in [1.807, 2.05) is 0 Å². The van der Waals surface area contributed by atoms with Crippen molar-refractivity contribution in [2.24, 2.45) is 0 Å². The Morgan fingerprint density at radius 3 is 2.56 bits per heavy atom. The van der Waals surface area contributed by atoms with E-state index in [9.17, 15) is 13.2 Å². The Hall–Kier alpha value is -1.07. The first-order valence-electron chi connectivity index (χ1n) is 5.95. The number of halogens is 3. The van der Waals surface area contributed by atoms with Gasteiger partial charge in [-0.2, -0.15) is 13.2 Å². The molecule has 0 aromatic heterocycles. The van der Waals surface area contributed by atoms with E-state index in [0.29, 0.717) is 13.0 Å². The van der Waals surface area contributed by atoms with Crippen molar-refractivity contribution in [3.63, 3.8) is 0 Å². The first-order chi connectivity index (χ1) is 8.41. The Bertz CT molecular complexity index is 363. The monoisotopic (exact) mass is 261 g/mol. The summed E-state index contributed by atoms with van der Waals surface area (Å²) >= 11 is 0. The summed E-state index contributed by atoms with van der Waals surface area (Å²) in [5, 5.41) is 12.0. The van der Waals surface area contributed by atoms with Crippen molar-refractivity contribution in [2.45, 2.75) is 38.6 Å². The average molecular weight is 261 g/mol. The highest BCUT2D eigenvalue weighted by Crippen LogP contribution is 2.31. The molecule has 0 aliphatic heterocycles. The van der Waals surface area contributed by atoms with E-state index in [1.165, 1.54) is 12.1 Å². The molecule has 1 aromatic rings. The third-order valence-electron chi connectivity index (χ3n) is 2.61. The lowest BCUT2D eigenvalue weighted by molar-refractivity contribution is -0.138. The molecule has 0 aliphatic rings. The predicted molar refractivity (Wildman–Crippen MR) is 64.1 cm³/mol. The zero-order valence-corrected chi connectivity index (χ0v) is 10.3. The highest BCUT2D eigenvalue weighted by atomic mass is 19.4. The van der Waals surface area contributed by atoms with Crippen molar-refractivity contribution < 1.29 is 18.3 Å². The lowest BCUT2D eigenvalue weighted by atomic mass is 10.1. The topological polar surface area (TPSA) is 32.3 Å². The summed E-state index contributed by atoms with van der Waals surface area (Å²) in [7, 11) is 0. The van der Waals surface area contributed by atoms with E-state index in [0.717, 1.165) is 12.5 Å². The maximum atomic E-state index is 12.7. The Labute approximate surface area is 105 Å². The number of rotatable bonds is 6. The van der Waals surface area contributed by atoms with E-state index in [1.54, 1.807) is 13.0 Å². The van der Waals surface area contributed by atoms with Crippen molar-refractivity contribution >= 4 is 0 Å². The molecule has 2 N–H and O–H groups in total. The summed E-state index contributed by atoms with van der Waals surface area (Å²) in [6.45, 7) is 2.48. The third kappa shape index (κ3) is 5.06. The number of alkyl halides is 3. The van der Waals surface area contributed by atoms with E-state index < -0.39 is 11.7 Å². The standard InChI is InChI=1S/C13H18F3NO/c1-10(18)5-4-8-17-9-11-6-2-3-7-12(11)13(14,15)16/h2-3,6-7,10,17-18H,4-5,8-9H2,1H3. The van der Waals surface area contributed by atoms with E-state index >= 15 is 0 Å². The molecule has 0 saturated heterocycles. The van der Waals surface area contributed by atoms with Gasteiger partial charge in [0.15, 0.2) is 0 Å². The van der Waals surface area contributed by atoms with Gasteiger partial charge >= 0.3 is 6.18 Å². The molecule has 0 spiro atoms. The Morgan fingerprint density at radius 2 is 1.94 bits per heavy atom. The zero-order chi connectivity index (χ0) is 13.6. The van der Waals surface area contributed by atoms with Gasteiger partial charge < -0.3 is 10.4 Å². The minimum absolute atomic E-state index is 0.190. The maximum Gasteiger partial charge on any atom is 0.416 e. The fourth-order valence-corrected chi connectivity index (χ4v) is 1.70. The van der Waals surface area contributed by atoms with Crippen LogP contribution in [0.15, 0.2) is 24.3 Å². The van der Waals surface area contributed by atoms with Crippen molar-refractivity contribution in [1.29, 1.82) is 0 Å². The highest BCUT2D eigenvalue weighted by molar-refractivity contribution is 5.29. The first kappa shape index (κ1) is 15.0. The maximum absolute atomic E-state index is 12.7. The number of hydrogen-bond acceptors (Lipinski definition) is 2. The molecule has 1 aromatic carbocycles. The summed E-state index contributed by atoms with van der Waals surface area (Å²) < 4.78 is 38.0. The van der Waals surface area contributed by atoms with Crippen LogP contribution in [0.2, 0.25) is 0 Å². The van der Waals surface area contributed by atoms with Gasteiger partial charge in [-0.25, -0.2) is 0 Å². The predicted octanol–water partition coefficient (Wildman–Crippen LogP) is 2.96. The van der Waals surface area contributed by atoms with Crippen molar-refractivity contribution in [3.05, 3.63) is 35.4 Å². The second-order valence-electron chi connectivity index (χ2n) is 4.32. The molecule has 5 heteroatoms. The van der Waals surface area contributed by atoms with Gasteiger partial charge in [0, 0.05) is 6.54 Å². The van der Waals surface area contributed by atoms with Crippen LogP contribution in [0, 0.1) is 0 Å². The van der Waals surface area contributed by atoms with E-state index in [4.69, 9.17) is 5.11 Å². The lowest BCUT2D eigenvalue weighted by Crippen LogP contribution is -2.19. The van der Waals surface area contributed by atoms with Crippen molar-refractivity contribution in [3.8, 4) is 0 Å². The Balaban J connectivity index is 2.47. The van der Waals surface area contributed by atoms with Gasteiger partial charge in [0.2, 0.25) is 0 Å². The summed E-state index contributed by atoms with van der Waals surface area (Å²) in [6.07, 6.45) is -3.29. The van der Waals surface area contributed by atoms with Crippen LogP contribution in [-0.2, 0) is 12.7 Å². The third-order valence-corrected chi connectivity index (χ3v) is 2.61. The number of nitrogens with one attached hydrogen (secondary N) is 1. The Morgan fingerprint density at radius 1 is 1.28 bits per heavy atom. The van der Waals surface area contributed by atoms with Gasteiger partial charge in [0.25, 0.3) is 0 Å². The van der Waals surface area contributed by atoms with Crippen molar-refractivity contribution in [2.75, 3.05) is 6.54 Å². The highest BCUT2D eigenvalue weighted by Gasteiger charge is 2.32. The number of hydrogen-bond donors (Lipinski definition) is 2. The van der Waals surface area contributed by atoms with Crippen LogP contribution >= 0.6 is 0 Å². The largest absolute Gasteiger partial charge is 0.416 e. The van der Waals surface area contributed by atoms with E-state index in [2.05, 4.69) is 5.32 Å². The van der Waals surface area contributed by atoms with Gasteiger partial charge in [0.1, 0.15) is 0 Å². The summed E-state index contributed by atoms with van der Waals surface area (Å²) in [4.78, 5) is 0. The molecule has 0 saturated carbocycles. The number of aliphatic hydroxyl groups is 1. The second kappa shape index (κ2) is 6.75. The summed E-state index contributed by atoms with van der Waals surface area (Å²) in [5.74, 6) is 0. The molecule has 0 amide bonds. The van der Waals surface area contributed by atoms with Crippen LogP contribution < -0.4 is 5.32 Å². The first-order valence-corrected chi connectivity index (χ1v) is 5.95. The van der Waals surface area contributed by atoms with Gasteiger partial charge in [-0.3, -0.25) is 0 Å². The van der Waals surface area contributed by atoms with Crippen LogP contribution in [0.3, 0.4) is 0 Å². The molecular formula is C13H18F3NO. The molecule has 0 bridgehead atoms. The summed E-state index contributed by atoms with van der Waals surface area (Å²) in [6, 6.07) is 5.55. The van der Waals surface area contributed by atoms with Crippen LogP contribution in [0.5, 0.6) is 0 Å². The van der Waals surface area contributed by atoms with Crippen molar-refractivity contribution in [1.82, 2.24) is 5.32 Å². The molecule has 1 rings (SSSR count). The fourth-order valence-electron chi connectivity index (χ4n) is 1.70. The second-order valence-corrected chi connectivity index (χ2v) is 4.32. The lowest BCUT2D eigenvalue weighted by Gasteiger charge is -2.13. The molecule has 0 radical (unpaired) electrons. The molecule has 18 heavy (non-hydrogen) atoms. The number of aliphatic hydroxyl groups excluding tert-OH is 1. The quantitative estimate of drug-likeness (QED) is 0.772. The molecule has 1 atom stereocenters. The molecule has 102 valence electrons.